The minimum absolute atomic E-state index is 0. The normalized spacial score (nSPS) is 16.5. The summed E-state index contributed by atoms with van der Waals surface area (Å²) in [6.07, 6.45) is 0.957. The van der Waals surface area contributed by atoms with Crippen molar-refractivity contribution in [2.45, 2.75) is 19.0 Å². The first kappa shape index (κ1) is 23.4. The molecule has 1 saturated heterocycles. The Morgan fingerprint density at radius 1 is 1.21 bits per heavy atom. The van der Waals surface area contributed by atoms with Gasteiger partial charge in [0.15, 0.2) is 0 Å². The Morgan fingerprint density at radius 3 is 2.50 bits per heavy atom. The van der Waals surface area contributed by atoms with Crippen LogP contribution in [0.1, 0.15) is 12.0 Å². The van der Waals surface area contributed by atoms with Gasteiger partial charge in [0.2, 0.25) is 5.91 Å². The van der Waals surface area contributed by atoms with Gasteiger partial charge in [-0.3, -0.25) is 9.69 Å². The highest BCUT2D eigenvalue weighted by molar-refractivity contribution is 6.30. The molecule has 8 heteroatoms. The molecular weight excluding hydrogens is 373 g/mol. The second kappa shape index (κ2) is 11.9. The summed E-state index contributed by atoms with van der Waals surface area (Å²) in [6, 6.07) is 7.35. The van der Waals surface area contributed by atoms with E-state index in [1.165, 1.54) is 5.56 Å². The number of hydrogen-bond acceptors (Lipinski definition) is 4. The number of carbonyl (C=O) groups is 1. The van der Waals surface area contributed by atoms with E-state index in [0.29, 0.717) is 6.54 Å². The van der Waals surface area contributed by atoms with Crippen LogP contribution < -0.4 is 5.73 Å². The van der Waals surface area contributed by atoms with E-state index in [9.17, 15) is 4.79 Å². The lowest BCUT2D eigenvalue weighted by Gasteiger charge is -2.24. The zero-order chi connectivity index (χ0) is 15.9. The van der Waals surface area contributed by atoms with E-state index in [4.69, 9.17) is 22.1 Å². The van der Waals surface area contributed by atoms with Gasteiger partial charge in [-0.25, -0.2) is 0 Å². The molecule has 1 aromatic rings. The van der Waals surface area contributed by atoms with E-state index in [-0.39, 0.29) is 37.3 Å². The molecule has 0 bridgehead atoms. The first-order valence-electron chi connectivity index (χ1n) is 7.60. The molecule has 0 radical (unpaired) electrons. The Kier molecular flexibility index (Phi) is 11.6. The van der Waals surface area contributed by atoms with Crippen molar-refractivity contribution in [3.05, 3.63) is 34.9 Å². The van der Waals surface area contributed by atoms with Crippen molar-refractivity contribution >= 4 is 42.3 Å². The van der Waals surface area contributed by atoms with Crippen LogP contribution in [0.2, 0.25) is 5.02 Å². The van der Waals surface area contributed by atoms with E-state index in [2.05, 4.69) is 4.90 Å². The Balaban J connectivity index is 0.00000264. The molecule has 0 aliphatic carbocycles. The Morgan fingerprint density at radius 2 is 1.88 bits per heavy atom. The summed E-state index contributed by atoms with van der Waals surface area (Å²) in [5, 5.41) is 0.753. The third-order valence-electron chi connectivity index (χ3n) is 3.88. The topological polar surface area (TPSA) is 58.8 Å². The van der Waals surface area contributed by atoms with Gasteiger partial charge in [0, 0.05) is 44.9 Å². The molecule has 1 heterocycles. The van der Waals surface area contributed by atoms with Crippen LogP contribution >= 0.6 is 36.4 Å². The van der Waals surface area contributed by atoms with Crippen molar-refractivity contribution in [2.75, 3.05) is 39.9 Å². The standard InChI is InChI=1S/C16H24ClN3O2.2ClH/c1-22-12-15(18)16(21)20-8-2-7-19(9-10-20)11-13-3-5-14(17)6-4-13;;/h3-6,15H,2,7-12,18H2,1H3;2*1H. The number of methoxy groups -OCH3 is 1. The Hall–Kier alpha value is -0.560. The van der Waals surface area contributed by atoms with E-state index in [1.807, 2.05) is 29.2 Å². The summed E-state index contributed by atoms with van der Waals surface area (Å²) in [5.74, 6) is -0.0183. The lowest BCUT2D eigenvalue weighted by Crippen LogP contribution is -2.47. The lowest BCUT2D eigenvalue weighted by molar-refractivity contribution is -0.133. The van der Waals surface area contributed by atoms with Gasteiger partial charge in [-0.05, 0) is 24.1 Å². The Labute approximate surface area is 161 Å². The van der Waals surface area contributed by atoms with Crippen LogP contribution in [0.3, 0.4) is 0 Å². The summed E-state index contributed by atoms with van der Waals surface area (Å²) in [4.78, 5) is 16.4. The summed E-state index contributed by atoms with van der Waals surface area (Å²) < 4.78 is 4.96. The van der Waals surface area contributed by atoms with Crippen molar-refractivity contribution < 1.29 is 9.53 Å². The van der Waals surface area contributed by atoms with Gasteiger partial charge in [0.05, 0.1) is 6.61 Å². The molecule has 1 atom stereocenters. The van der Waals surface area contributed by atoms with Gasteiger partial charge in [0.1, 0.15) is 6.04 Å². The molecule has 5 nitrogen and oxygen atoms in total. The van der Waals surface area contributed by atoms with Crippen molar-refractivity contribution in [1.29, 1.82) is 0 Å². The molecule has 1 amide bonds. The van der Waals surface area contributed by atoms with Gasteiger partial charge < -0.3 is 15.4 Å². The highest BCUT2D eigenvalue weighted by Crippen LogP contribution is 2.13. The SMILES string of the molecule is COCC(N)C(=O)N1CCCN(Cc2ccc(Cl)cc2)CC1.Cl.Cl. The van der Waals surface area contributed by atoms with Crippen molar-refractivity contribution in [2.24, 2.45) is 5.73 Å². The predicted octanol–water partition coefficient (Wildman–Crippen LogP) is 2.19. The maximum absolute atomic E-state index is 12.2. The fourth-order valence-corrected chi connectivity index (χ4v) is 2.81. The molecule has 138 valence electrons. The van der Waals surface area contributed by atoms with Crippen LogP contribution in [0.25, 0.3) is 0 Å². The molecule has 0 spiro atoms. The smallest absolute Gasteiger partial charge is 0.241 e. The molecule has 2 N–H and O–H groups in total. The molecule has 1 unspecified atom stereocenters. The molecule has 1 fully saturated rings. The monoisotopic (exact) mass is 397 g/mol. The molecule has 2 rings (SSSR count). The van der Waals surface area contributed by atoms with Crippen LogP contribution in [0.4, 0.5) is 0 Å². The highest BCUT2D eigenvalue weighted by Gasteiger charge is 2.23. The number of nitrogens with zero attached hydrogens (tertiary/aromatic N) is 2. The fourth-order valence-electron chi connectivity index (χ4n) is 2.68. The van der Waals surface area contributed by atoms with Crippen LogP contribution in [0.15, 0.2) is 24.3 Å². The number of hydrogen-bond donors (Lipinski definition) is 1. The molecule has 24 heavy (non-hydrogen) atoms. The summed E-state index contributed by atoms with van der Waals surface area (Å²) in [6.45, 7) is 4.45. The summed E-state index contributed by atoms with van der Waals surface area (Å²) >= 11 is 5.91. The van der Waals surface area contributed by atoms with E-state index < -0.39 is 6.04 Å². The second-order valence-electron chi connectivity index (χ2n) is 5.64. The number of rotatable bonds is 5. The van der Waals surface area contributed by atoms with Crippen molar-refractivity contribution in [3.8, 4) is 0 Å². The predicted molar refractivity (Wildman–Crippen MR) is 102 cm³/mol. The average molecular weight is 399 g/mol. The molecule has 1 aliphatic heterocycles. The van der Waals surface area contributed by atoms with Gasteiger partial charge in [-0.2, -0.15) is 0 Å². The summed E-state index contributed by atoms with van der Waals surface area (Å²) in [7, 11) is 1.56. The third kappa shape index (κ3) is 7.13. The number of benzene rings is 1. The van der Waals surface area contributed by atoms with E-state index in [0.717, 1.165) is 37.6 Å². The number of nitrogens with two attached hydrogens (primary N) is 1. The minimum Gasteiger partial charge on any atom is -0.383 e. The van der Waals surface area contributed by atoms with Gasteiger partial charge >= 0.3 is 0 Å². The average Bonchev–Trinajstić information content (AvgIpc) is 2.75. The maximum atomic E-state index is 12.2. The number of amides is 1. The first-order valence-corrected chi connectivity index (χ1v) is 7.98. The molecule has 0 saturated carbocycles. The quantitative estimate of drug-likeness (QED) is 0.826. The zero-order valence-corrected chi connectivity index (χ0v) is 16.2. The van der Waals surface area contributed by atoms with Crippen LogP contribution in [-0.4, -0.2) is 61.6 Å². The van der Waals surface area contributed by atoms with Crippen molar-refractivity contribution in [3.63, 3.8) is 0 Å². The number of halogens is 3. The van der Waals surface area contributed by atoms with Crippen molar-refractivity contribution in [1.82, 2.24) is 9.80 Å². The number of carbonyl (C=O) groups excluding carboxylic acids is 1. The first-order chi connectivity index (χ1) is 10.6. The van der Waals surface area contributed by atoms with Gasteiger partial charge in [0.25, 0.3) is 0 Å². The third-order valence-corrected chi connectivity index (χ3v) is 4.14. The van der Waals surface area contributed by atoms with Crippen LogP contribution in [0.5, 0.6) is 0 Å². The van der Waals surface area contributed by atoms with E-state index in [1.54, 1.807) is 7.11 Å². The van der Waals surface area contributed by atoms with Gasteiger partial charge in [-0.15, -0.1) is 24.8 Å². The lowest BCUT2D eigenvalue weighted by atomic mass is 10.2. The zero-order valence-electron chi connectivity index (χ0n) is 13.8. The highest BCUT2D eigenvalue weighted by atomic mass is 35.5. The van der Waals surface area contributed by atoms with E-state index >= 15 is 0 Å². The Bertz CT molecular complexity index is 488. The number of ether oxygens (including phenoxy) is 1. The maximum Gasteiger partial charge on any atom is 0.241 e. The molecular formula is C16H26Cl3N3O2. The fraction of sp³-hybridized carbons (Fsp3) is 0.562. The van der Waals surface area contributed by atoms with Crippen LogP contribution in [0, 0.1) is 0 Å². The van der Waals surface area contributed by atoms with Gasteiger partial charge in [-0.1, -0.05) is 23.7 Å². The molecule has 1 aromatic carbocycles. The second-order valence-corrected chi connectivity index (χ2v) is 6.08. The summed E-state index contributed by atoms with van der Waals surface area (Å²) in [5.41, 5.74) is 7.08. The minimum atomic E-state index is -0.562. The largest absolute Gasteiger partial charge is 0.383 e. The molecule has 1 aliphatic rings. The molecule has 0 aromatic heterocycles. The van der Waals surface area contributed by atoms with Crippen LogP contribution in [-0.2, 0) is 16.1 Å².